The standard InChI is InChI=1S/C26H22F6N2O3S/c1-16(2)22-13-18(17(3)23(14-33)38(36,37)21-7-5-4-6-8-21)15-34(22)20-11-9-19(10-12-20)24(35,25(27,28)29)26(30,31)32/h4-13,15-16,35H,1-3H3/b23-17+. The van der Waals surface area contributed by atoms with Crippen LogP contribution in [0, 0.1) is 11.3 Å². The summed E-state index contributed by atoms with van der Waals surface area (Å²) in [5.41, 5.74) is -5.34. The van der Waals surface area contributed by atoms with Crippen molar-refractivity contribution in [1.82, 2.24) is 4.57 Å². The molecule has 202 valence electrons. The van der Waals surface area contributed by atoms with Crippen LogP contribution >= 0.6 is 0 Å². The normalized spacial score (nSPS) is 13.8. The molecule has 0 unspecified atom stereocenters. The monoisotopic (exact) mass is 556 g/mol. The number of nitriles is 1. The molecule has 0 spiro atoms. The first-order chi connectivity index (χ1) is 17.5. The highest BCUT2D eigenvalue weighted by atomic mass is 32.2. The Morgan fingerprint density at radius 1 is 0.947 bits per heavy atom. The van der Waals surface area contributed by atoms with Crippen LogP contribution in [0.15, 0.2) is 76.7 Å². The number of sulfone groups is 1. The predicted molar refractivity (Wildman–Crippen MR) is 128 cm³/mol. The van der Waals surface area contributed by atoms with E-state index in [4.69, 9.17) is 0 Å². The van der Waals surface area contributed by atoms with E-state index >= 15 is 0 Å². The molecule has 0 saturated heterocycles. The molecule has 0 saturated carbocycles. The van der Waals surface area contributed by atoms with Gasteiger partial charge >= 0.3 is 12.4 Å². The molecule has 0 aliphatic heterocycles. The molecule has 1 N–H and O–H groups in total. The fourth-order valence-electron chi connectivity index (χ4n) is 3.90. The maximum Gasteiger partial charge on any atom is 0.430 e. The molecule has 0 radical (unpaired) electrons. The van der Waals surface area contributed by atoms with Crippen LogP contribution in [0.3, 0.4) is 0 Å². The summed E-state index contributed by atoms with van der Waals surface area (Å²) in [4.78, 5) is -0.594. The molecule has 3 aromatic rings. The number of alkyl halides is 6. The highest BCUT2D eigenvalue weighted by Crippen LogP contribution is 2.50. The molecule has 0 aliphatic rings. The fraction of sp³-hybridized carbons (Fsp3) is 0.269. The number of rotatable bonds is 6. The lowest BCUT2D eigenvalue weighted by atomic mass is 9.92. The fourth-order valence-corrected chi connectivity index (χ4v) is 5.29. The average molecular weight is 557 g/mol. The molecule has 3 rings (SSSR count). The average Bonchev–Trinajstić information content (AvgIpc) is 3.29. The van der Waals surface area contributed by atoms with Crippen molar-refractivity contribution >= 4 is 15.4 Å². The van der Waals surface area contributed by atoms with Crippen molar-refractivity contribution in [1.29, 1.82) is 5.26 Å². The van der Waals surface area contributed by atoms with E-state index in [1.165, 1.54) is 42.0 Å². The van der Waals surface area contributed by atoms with Gasteiger partial charge in [0.25, 0.3) is 5.60 Å². The number of nitrogens with zero attached hydrogens (tertiary/aromatic N) is 2. The third-order valence-corrected chi connectivity index (χ3v) is 7.85. The number of aromatic nitrogens is 1. The van der Waals surface area contributed by atoms with E-state index in [0.717, 1.165) is 12.1 Å². The van der Waals surface area contributed by atoms with Crippen molar-refractivity contribution in [3.8, 4) is 11.8 Å². The Hall–Kier alpha value is -3.56. The van der Waals surface area contributed by atoms with E-state index in [1.807, 2.05) is 0 Å². The summed E-state index contributed by atoms with van der Waals surface area (Å²) in [6.45, 7) is 4.99. The van der Waals surface area contributed by atoms with Crippen LogP contribution in [0.2, 0.25) is 0 Å². The molecule has 0 amide bonds. The highest BCUT2D eigenvalue weighted by Gasteiger charge is 2.71. The van der Waals surface area contributed by atoms with Crippen LogP contribution in [0.1, 0.15) is 43.5 Å². The number of hydrogen-bond acceptors (Lipinski definition) is 4. The van der Waals surface area contributed by atoms with Gasteiger partial charge in [-0.15, -0.1) is 0 Å². The van der Waals surface area contributed by atoms with Crippen LogP contribution in [0.4, 0.5) is 26.3 Å². The Morgan fingerprint density at radius 2 is 1.47 bits per heavy atom. The smallest absolute Gasteiger partial charge is 0.369 e. The number of benzene rings is 2. The van der Waals surface area contributed by atoms with Gasteiger partial charge < -0.3 is 9.67 Å². The first kappa shape index (κ1) is 29.0. The van der Waals surface area contributed by atoms with Crippen LogP contribution < -0.4 is 0 Å². The van der Waals surface area contributed by atoms with Gasteiger partial charge in [0.1, 0.15) is 6.07 Å². The molecular formula is C26H22F6N2O3S. The van der Waals surface area contributed by atoms with Gasteiger partial charge in [-0.25, -0.2) is 8.42 Å². The van der Waals surface area contributed by atoms with E-state index in [0.29, 0.717) is 23.4 Å². The first-order valence-electron chi connectivity index (χ1n) is 11.1. The summed E-state index contributed by atoms with van der Waals surface area (Å²) in [5.74, 6) is -0.213. The Bertz CT molecular complexity index is 1480. The van der Waals surface area contributed by atoms with E-state index in [9.17, 15) is 45.1 Å². The SMILES string of the molecule is C/C(=C(/C#N)S(=O)(=O)c1ccccc1)c1cc(C(C)C)n(-c2ccc(C(O)(C(F)(F)F)C(F)(F)F)cc2)c1. The van der Waals surface area contributed by atoms with Crippen molar-refractivity contribution in [3.05, 3.63) is 88.6 Å². The molecular weight excluding hydrogens is 534 g/mol. The maximum absolute atomic E-state index is 13.2. The summed E-state index contributed by atoms with van der Waals surface area (Å²) in [5, 5.41) is 19.3. The molecule has 0 atom stereocenters. The minimum atomic E-state index is -6.02. The number of aliphatic hydroxyl groups is 1. The van der Waals surface area contributed by atoms with Crippen LogP contribution in [0.25, 0.3) is 11.3 Å². The van der Waals surface area contributed by atoms with E-state index < -0.39 is 38.3 Å². The zero-order chi connectivity index (χ0) is 28.7. The summed E-state index contributed by atoms with van der Waals surface area (Å²) < 4.78 is 107. The lowest BCUT2D eigenvalue weighted by molar-refractivity contribution is -0.376. The van der Waals surface area contributed by atoms with Crippen molar-refractivity contribution in [2.75, 3.05) is 0 Å². The van der Waals surface area contributed by atoms with Gasteiger partial charge in [0.2, 0.25) is 9.84 Å². The molecule has 0 aliphatic carbocycles. The van der Waals surface area contributed by atoms with Gasteiger partial charge in [-0.3, -0.25) is 0 Å². The molecule has 0 fully saturated rings. The molecule has 12 heteroatoms. The Labute approximate surface area is 215 Å². The number of halogens is 6. The minimum absolute atomic E-state index is 0.0863. The van der Waals surface area contributed by atoms with Gasteiger partial charge in [0, 0.05) is 23.1 Å². The molecule has 38 heavy (non-hydrogen) atoms. The van der Waals surface area contributed by atoms with Gasteiger partial charge in [-0.1, -0.05) is 44.2 Å². The quantitative estimate of drug-likeness (QED) is 0.273. The van der Waals surface area contributed by atoms with Gasteiger partial charge in [0.05, 0.1) is 4.90 Å². The topological polar surface area (TPSA) is 83.1 Å². The summed E-state index contributed by atoms with van der Waals surface area (Å²) in [7, 11) is -4.17. The van der Waals surface area contributed by atoms with E-state index in [1.54, 1.807) is 32.0 Å². The molecule has 5 nitrogen and oxygen atoms in total. The number of hydrogen-bond donors (Lipinski definition) is 1. The zero-order valence-electron chi connectivity index (χ0n) is 20.3. The van der Waals surface area contributed by atoms with Crippen molar-refractivity contribution in [2.45, 2.75) is 49.5 Å². The van der Waals surface area contributed by atoms with Crippen LogP contribution in [-0.4, -0.2) is 30.4 Å². The van der Waals surface area contributed by atoms with Gasteiger partial charge in [0.15, 0.2) is 4.91 Å². The van der Waals surface area contributed by atoms with Gasteiger partial charge in [-0.05, 0) is 54.3 Å². The predicted octanol–water partition coefficient (Wildman–Crippen LogP) is 6.64. The molecule has 0 bridgehead atoms. The summed E-state index contributed by atoms with van der Waals surface area (Å²) in [6, 6.07) is 13.7. The zero-order valence-corrected chi connectivity index (χ0v) is 21.1. The van der Waals surface area contributed by atoms with E-state index in [2.05, 4.69) is 0 Å². The lowest BCUT2D eigenvalue weighted by Gasteiger charge is -2.32. The maximum atomic E-state index is 13.2. The Morgan fingerprint density at radius 3 is 1.92 bits per heavy atom. The van der Waals surface area contributed by atoms with Crippen LogP contribution in [-0.2, 0) is 15.4 Å². The highest BCUT2D eigenvalue weighted by molar-refractivity contribution is 7.95. The largest absolute Gasteiger partial charge is 0.430 e. The molecule has 1 aromatic heterocycles. The second-order valence-electron chi connectivity index (χ2n) is 8.81. The van der Waals surface area contributed by atoms with Crippen LogP contribution in [0.5, 0.6) is 0 Å². The van der Waals surface area contributed by atoms with Crippen molar-refractivity contribution in [3.63, 3.8) is 0 Å². The van der Waals surface area contributed by atoms with Crippen molar-refractivity contribution < 1.29 is 39.9 Å². The Balaban J connectivity index is 2.15. The minimum Gasteiger partial charge on any atom is -0.369 e. The first-order valence-corrected chi connectivity index (χ1v) is 12.6. The summed E-state index contributed by atoms with van der Waals surface area (Å²) in [6.07, 6.45) is -10.6. The Kier molecular flexibility index (Phi) is 7.60. The lowest BCUT2D eigenvalue weighted by Crippen LogP contribution is -2.53. The third-order valence-electron chi connectivity index (χ3n) is 6.02. The molecule has 2 aromatic carbocycles. The van der Waals surface area contributed by atoms with Crippen molar-refractivity contribution in [2.24, 2.45) is 0 Å². The third kappa shape index (κ3) is 4.96. The second kappa shape index (κ2) is 9.96. The van der Waals surface area contributed by atoms with Gasteiger partial charge in [-0.2, -0.15) is 31.6 Å². The molecule has 1 heterocycles. The van der Waals surface area contributed by atoms with E-state index in [-0.39, 0.29) is 22.1 Å². The second-order valence-corrected chi connectivity index (χ2v) is 10.7. The summed E-state index contributed by atoms with van der Waals surface area (Å²) >= 11 is 0. The number of allylic oxidation sites excluding steroid dienone is 2.